The van der Waals surface area contributed by atoms with Crippen LogP contribution in [0, 0.1) is 23.2 Å². The second kappa shape index (κ2) is 3.40. The van der Waals surface area contributed by atoms with Crippen LogP contribution in [0.25, 0.3) is 0 Å². The largest absolute Gasteiger partial charge is 0.0683 e. The molecule has 0 bridgehead atoms. The zero-order valence-corrected chi connectivity index (χ0v) is 9.35. The van der Waals surface area contributed by atoms with Gasteiger partial charge in [-0.3, -0.25) is 0 Å². The van der Waals surface area contributed by atoms with Gasteiger partial charge in [-0.15, -0.1) is 0 Å². The van der Waals surface area contributed by atoms with Crippen molar-refractivity contribution in [3.05, 3.63) is 0 Å². The third-order valence-corrected chi connectivity index (χ3v) is 3.47. The summed E-state index contributed by atoms with van der Waals surface area (Å²) in [7, 11) is 0. The quantitative estimate of drug-likeness (QED) is 0.511. The SMILES string of the molecule is CC.CC(C)(C)C1CC2CC2C1. The van der Waals surface area contributed by atoms with E-state index in [-0.39, 0.29) is 0 Å². The van der Waals surface area contributed by atoms with Crippen LogP contribution in [0.2, 0.25) is 0 Å². The highest BCUT2D eigenvalue weighted by Crippen LogP contribution is 2.58. The lowest BCUT2D eigenvalue weighted by molar-refractivity contribution is 0.227. The fourth-order valence-corrected chi connectivity index (χ4v) is 2.42. The molecule has 2 atom stereocenters. The van der Waals surface area contributed by atoms with Crippen LogP contribution in [0.4, 0.5) is 0 Å². The molecule has 0 aromatic heterocycles. The molecule has 0 spiro atoms. The van der Waals surface area contributed by atoms with E-state index in [1.54, 1.807) is 6.42 Å². The summed E-state index contributed by atoms with van der Waals surface area (Å²) in [6.45, 7) is 11.2. The predicted octanol–water partition coefficient (Wildman–Crippen LogP) is 4.10. The van der Waals surface area contributed by atoms with E-state index in [4.69, 9.17) is 0 Å². The maximum Gasteiger partial charge on any atom is -0.0354 e. The molecule has 0 aliphatic heterocycles. The van der Waals surface area contributed by atoms with Crippen LogP contribution >= 0.6 is 0 Å². The first-order valence-corrected chi connectivity index (χ1v) is 5.57. The van der Waals surface area contributed by atoms with Crippen LogP contribution in [-0.4, -0.2) is 0 Å². The maximum atomic E-state index is 2.39. The molecule has 0 radical (unpaired) electrons. The maximum absolute atomic E-state index is 2.39. The lowest BCUT2D eigenvalue weighted by Gasteiger charge is -2.27. The number of hydrogen-bond donors (Lipinski definition) is 0. The molecule has 2 aliphatic rings. The van der Waals surface area contributed by atoms with Crippen LogP contribution < -0.4 is 0 Å². The van der Waals surface area contributed by atoms with Crippen molar-refractivity contribution < 1.29 is 0 Å². The zero-order valence-electron chi connectivity index (χ0n) is 9.35. The van der Waals surface area contributed by atoms with Crippen molar-refractivity contribution in [2.45, 2.75) is 53.9 Å². The third-order valence-electron chi connectivity index (χ3n) is 3.47. The molecular weight excluding hydrogens is 144 g/mol. The van der Waals surface area contributed by atoms with Crippen molar-refractivity contribution in [1.82, 2.24) is 0 Å². The van der Waals surface area contributed by atoms with E-state index in [9.17, 15) is 0 Å². The lowest BCUT2D eigenvalue weighted by atomic mass is 9.78. The van der Waals surface area contributed by atoms with E-state index in [1.165, 1.54) is 12.8 Å². The Hall–Kier alpha value is 0. The minimum Gasteiger partial charge on any atom is -0.0683 e. The molecule has 0 aromatic carbocycles. The van der Waals surface area contributed by atoms with Gasteiger partial charge in [0.1, 0.15) is 0 Å². The Labute approximate surface area is 77.7 Å². The average Bonchev–Trinajstić information content (AvgIpc) is 2.61. The fourth-order valence-electron chi connectivity index (χ4n) is 2.42. The molecule has 2 unspecified atom stereocenters. The van der Waals surface area contributed by atoms with Gasteiger partial charge in [-0.25, -0.2) is 0 Å². The molecule has 2 fully saturated rings. The Morgan fingerprint density at radius 1 is 0.833 bits per heavy atom. The molecule has 0 amide bonds. The molecular formula is C12H24. The summed E-state index contributed by atoms with van der Waals surface area (Å²) in [5, 5.41) is 0. The van der Waals surface area contributed by atoms with Crippen LogP contribution in [0.15, 0.2) is 0 Å². The van der Waals surface area contributed by atoms with Gasteiger partial charge in [0.2, 0.25) is 0 Å². The van der Waals surface area contributed by atoms with Gasteiger partial charge in [0, 0.05) is 0 Å². The summed E-state index contributed by atoms with van der Waals surface area (Å²) in [6, 6.07) is 0. The van der Waals surface area contributed by atoms with Crippen molar-refractivity contribution in [3.63, 3.8) is 0 Å². The minimum atomic E-state index is 0.591. The summed E-state index contributed by atoms with van der Waals surface area (Å²) in [4.78, 5) is 0. The fraction of sp³-hybridized carbons (Fsp3) is 1.00. The van der Waals surface area contributed by atoms with E-state index in [2.05, 4.69) is 20.8 Å². The molecule has 0 N–H and O–H groups in total. The Bertz CT molecular complexity index is 131. The highest BCUT2D eigenvalue weighted by Gasteiger charge is 2.48. The Morgan fingerprint density at radius 2 is 1.25 bits per heavy atom. The molecule has 2 aliphatic carbocycles. The number of hydrogen-bond acceptors (Lipinski definition) is 0. The molecule has 0 aromatic rings. The first-order valence-electron chi connectivity index (χ1n) is 5.57. The van der Waals surface area contributed by atoms with Gasteiger partial charge in [0.25, 0.3) is 0 Å². The predicted molar refractivity (Wildman–Crippen MR) is 55.1 cm³/mol. The molecule has 0 heteroatoms. The van der Waals surface area contributed by atoms with E-state index in [0.29, 0.717) is 5.41 Å². The van der Waals surface area contributed by atoms with E-state index < -0.39 is 0 Å². The van der Waals surface area contributed by atoms with E-state index in [1.807, 2.05) is 13.8 Å². The first kappa shape index (κ1) is 10.1. The monoisotopic (exact) mass is 168 g/mol. The van der Waals surface area contributed by atoms with Crippen molar-refractivity contribution >= 4 is 0 Å². The molecule has 0 saturated heterocycles. The summed E-state index contributed by atoms with van der Waals surface area (Å²) in [6.07, 6.45) is 4.63. The second-order valence-electron chi connectivity index (χ2n) is 5.29. The van der Waals surface area contributed by atoms with Gasteiger partial charge in [-0.05, 0) is 42.4 Å². The standard InChI is InChI=1S/C10H18.C2H6/c1-10(2,3)9-5-7-4-8(7)6-9;1-2/h7-9H,4-6H2,1-3H3;1-2H3. The molecule has 2 saturated carbocycles. The van der Waals surface area contributed by atoms with Gasteiger partial charge in [0.15, 0.2) is 0 Å². The topological polar surface area (TPSA) is 0 Å². The Balaban J connectivity index is 0.000000336. The van der Waals surface area contributed by atoms with Gasteiger partial charge in [0.05, 0.1) is 0 Å². The van der Waals surface area contributed by atoms with Crippen molar-refractivity contribution in [3.8, 4) is 0 Å². The summed E-state index contributed by atoms with van der Waals surface area (Å²) >= 11 is 0. The summed E-state index contributed by atoms with van der Waals surface area (Å²) in [5.41, 5.74) is 0.591. The van der Waals surface area contributed by atoms with Crippen LogP contribution in [0.1, 0.15) is 53.9 Å². The Kier molecular flexibility index (Phi) is 2.85. The van der Waals surface area contributed by atoms with Gasteiger partial charge in [-0.2, -0.15) is 0 Å². The van der Waals surface area contributed by atoms with E-state index in [0.717, 1.165) is 17.8 Å². The van der Waals surface area contributed by atoms with Crippen molar-refractivity contribution in [2.75, 3.05) is 0 Å². The molecule has 12 heavy (non-hydrogen) atoms. The first-order chi connectivity index (χ1) is 5.57. The zero-order chi connectivity index (χ0) is 9.35. The normalized spacial score (nSPS) is 38.2. The molecule has 72 valence electrons. The van der Waals surface area contributed by atoms with Crippen molar-refractivity contribution in [1.29, 1.82) is 0 Å². The summed E-state index contributed by atoms with van der Waals surface area (Å²) < 4.78 is 0. The highest BCUT2D eigenvalue weighted by atomic mass is 14.5. The molecule has 0 nitrogen and oxygen atoms in total. The molecule has 0 heterocycles. The molecule has 2 rings (SSSR count). The smallest absolute Gasteiger partial charge is 0.0354 e. The number of fused-ring (bicyclic) bond motifs is 1. The number of rotatable bonds is 0. The Morgan fingerprint density at radius 3 is 1.50 bits per heavy atom. The van der Waals surface area contributed by atoms with E-state index >= 15 is 0 Å². The lowest BCUT2D eigenvalue weighted by Crippen LogP contribution is -2.18. The highest BCUT2D eigenvalue weighted by molar-refractivity contribution is 4.98. The van der Waals surface area contributed by atoms with Crippen LogP contribution in [0.5, 0.6) is 0 Å². The van der Waals surface area contributed by atoms with Crippen LogP contribution in [-0.2, 0) is 0 Å². The van der Waals surface area contributed by atoms with Crippen LogP contribution in [0.3, 0.4) is 0 Å². The minimum absolute atomic E-state index is 0.591. The summed E-state index contributed by atoms with van der Waals surface area (Å²) in [5.74, 6) is 3.35. The second-order valence-corrected chi connectivity index (χ2v) is 5.29. The van der Waals surface area contributed by atoms with Gasteiger partial charge < -0.3 is 0 Å². The van der Waals surface area contributed by atoms with Gasteiger partial charge in [-0.1, -0.05) is 34.6 Å². The average molecular weight is 168 g/mol. The van der Waals surface area contributed by atoms with Gasteiger partial charge >= 0.3 is 0 Å². The third kappa shape index (κ3) is 2.02. The van der Waals surface area contributed by atoms with Crippen molar-refractivity contribution in [2.24, 2.45) is 23.2 Å².